The molecule has 0 saturated carbocycles. The number of rotatable bonds is 3. The van der Waals surface area contributed by atoms with Gasteiger partial charge >= 0.3 is 0 Å². The van der Waals surface area contributed by atoms with Gasteiger partial charge < -0.3 is 0 Å². The summed E-state index contributed by atoms with van der Waals surface area (Å²) >= 11 is 5.54. The molecule has 0 aliphatic rings. The Hall–Kier alpha value is -1.66. The second kappa shape index (κ2) is 5.61. The van der Waals surface area contributed by atoms with E-state index < -0.39 is 21.7 Å². The number of anilines is 1. The summed E-state index contributed by atoms with van der Waals surface area (Å²) in [5.74, 6) is -1.24. The average molecular weight is 332 g/mol. The van der Waals surface area contributed by atoms with Crippen molar-refractivity contribution in [3.05, 3.63) is 58.1 Å². The third kappa shape index (κ3) is 3.33. The topological polar surface area (TPSA) is 46.2 Å². The molecular weight excluding hydrogens is 320 g/mol. The van der Waals surface area contributed by atoms with Crippen LogP contribution in [0.3, 0.4) is 0 Å². The molecule has 0 spiro atoms. The van der Waals surface area contributed by atoms with Crippen LogP contribution in [0.1, 0.15) is 11.1 Å². The Bertz CT molecular complexity index is 784. The molecule has 0 unspecified atom stereocenters. The molecule has 7 heteroatoms. The maximum absolute atomic E-state index is 13.4. The molecule has 0 aliphatic carbocycles. The Morgan fingerprint density at radius 1 is 1.05 bits per heavy atom. The predicted molar refractivity (Wildman–Crippen MR) is 78.1 cm³/mol. The van der Waals surface area contributed by atoms with Crippen LogP contribution in [0.25, 0.3) is 0 Å². The van der Waals surface area contributed by atoms with Gasteiger partial charge in [0.1, 0.15) is 11.6 Å². The number of hydrogen-bond acceptors (Lipinski definition) is 2. The van der Waals surface area contributed by atoms with E-state index in [1.54, 1.807) is 0 Å². The van der Waals surface area contributed by atoms with Crippen molar-refractivity contribution in [1.29, 1.82) is 0 Å². The first-order valence-electron chi connectivity index (χ1n) is 5.95. The minimum Gasteiger partial charge on any atom is -0.280 e. The van der Waals surface area contributed by atoms with E-state index in [4.69, 9.17) is 11.6 Å². The van der Waals surface area contributed by atoms with Crippen LogP contribution in [-0.4, -0.2) is 8.42 Å². The van der Waals surface area contributed by atoms with Crippen molar-refractivity contribution in [2.24, 2.45) is 0 Å². The second-order valence-electron chi connectivity index (χ2n) is 4.60. The molecule has 2 aromatic carbocycles. The largest absolute Gasteiger partial charge is 0.280 e. The molecule has 1 N–H and O–H groups in total. The maximum atomic E-state index is 13.4. The van der Waals surface area contributed by atoms with Crippen molar-refractivity contribution in [2.75, 3.05) is 4.72 Å². The lowest BCUT2D eigenvalue weighted by molar-refractivity contribution is 0.597. The summed E-state index contributed by atoms with van der Waals surface area (Å²) in [6, 6.07) is 5.83. The highest BCUT2D eigenvalue weighted by Gasteiger charge is 2.21. The first-order chi connectivity index (χ1) is 9.70. The monoisotopic (exact) mass is 331 g/mol. The molecule has 0 atom stereocenters. The van der Waals surface area contributed by atoms with Crippen LogP contribution in [0.4, 0.5) is 14.5 Å². The molecule has 0 amide bonds. The number of benzene rings is 2. The number of aryl methyl sites for hydroxylation is 2. The van der Waals surface area contributed by atoms with Crippen molar-refractivity contribution in [3.8, 4) is 0 Å². The molecule has 112 valence electrons. The second-order valence-corrected chi connectivity index (χ2v) is 6.63. The summed E-state index contributed by atoms with van der Waals surface area (Å²) in [7, 11) is -3.95. The first-order valence-corrected chi connectivity index (χ1v) is 7.81. The van der Waals surface area contributed by atoms with Crippen molar-refractivity contribution >= 4 is 27.3 Å². The van der Waals surface area contributed by atoms with E-state index in [0.29, 0.717) is 0 Å². The highest BCUT2D eigenvalue weighted by Crippen LogP contribution is 2.25. The van der Waals surface area contributed by atoms with Crippen molar-refractivity contribution in [1.82, 2.24) is 0 Å². The van der Waals surface area contributed by atoms with Crippen molar-refractivity contribution in [3.63, 3.8) is 0 Å². The molecule has 0 aliphatic heterocycles. The average Bonchev–Trinajstić information content (AvgIpc) is 2.31. The predicted octanol–water partition coefficient (Wildman–Crippen LogP) is 4.04. The van der Waals surface area contributed by atoms with Gasteiger partial charge in [0.05, 0.1) is 15.6 Å². The Morgan fingerprint density at radius 3 is 2.14 bits per heavy atom. The number of hydrogen-bond donors (Lipinski definition) is 1. The van der Waals surface area contributed by atoms with Crippen molar-refractivity contribution < 1.29 is 17.2 Å². The Balaban J connectivity index is 2.46. The molecule has 0 bridgehead atoms. The molecule has 3 nitrogen and oxygen atoms in total. The standard InChI is InChI=1S/C14H12ClF2NO2S/c1-8-5-10(16)6-9(2)14(8)21(19,20)18-11-3-4-12(15)13(17)7-11/h3-7,18H,1-2H3. The third-order valence-corrected chi connectivity index (χ3v) is 4.86. The lowest BCUT2D eigenvalue weighted by Crippen LogP contribution is -2.16. The van der Waals surface area contributed by atoms with Crippen LogP contribution < -0.4 is 4.72 Å². The van der Waals surface area contributed by atoms with Gasteiger partial charge in [-0.25, -0.2) is 17.2 Å². The van der Waals surface area contributed by atoms with Crippen LogP contribution >= 0.6 is 11.6 Å². The summed E-state index contributed by atoms with van der Waals surface area (Å²) < 4.78 is 53.6. The van der Waals surface area contributed by atoms with Gasteiger partial charge in [-0.15, -0.1) is 0 Å². The zero-order chi connectivity index (χ0) is 15.8. The van der Waals surface area contributed by atoms with Gasteiger partial charge in [0.2, 0.25) is 0 Å². The van der Waals surface area contributed by atoms with Crippen LogP contribution in [0.15, 0.2) is 35.2 Å². The molecule has 21 heavy (non-hydrogen) atoms. The molecule has 0 aromatic heterocycles. The molecule has 2 rings (SSSR count). The highest BCUT2D eigenvalue weighted by molar-refractivity contribution is 7.92. The Kier molecular flexibility index (Phi) is 4.20. The molecule has 0 saturated heterocycles. The lowest BCUT2D eigenvalue weighted by Gasteiger charge is -2.13. The van der Waals surface area contributed by atoms with Crippen LogP contribution in [0.5, 0.6) is 0 Å². The zero-order valence-electron chi connectivity index (χ0n) is 11.2. The van der Waals surface area contributed by atoms with Crippen LogP contribution in [0.2, 0.25) is 5.02 Å². The zero-order valence-corrected chi connectivity index (χ0v) is 12.8. The Labute approximate surface area is 126 Å². The van der Waals surface area contributed by atoms with Gasteiger partial charge in [-0.1, -0.05) is 11.6 Å². The fourth-order valence-electron chi connectivity index (χ4n) is 2.09. The molecule has 0 heterocycles. The smallest absolute Gasteiger partial charge is 0.262 e. The normalized spacial score (nSPS) is 11.5. The van der Waals surface area contributed by atoms with E-state index in [1.807, 2.05) is 0 Å². The fourth-order valence-corrected chi connectivity index (χ4v) is 3.71. The van der Waals surface area contributed by atoms with Gasteiger partial charge in [0.15, 0.2) is 0 Å². The molecular formula is C14H12ClF2NO2S. The SMILES string of the molecule is Cc1cc(F)cc(C)c1S(=O)(=O)Nc1ccc(Cl)c(F)c1. The summed E-state index contributed by atoms with van der Waals surface area (Å²) in [5.41, 5.74) is 0.587. The van der Waals surface area contributed by atoms with E-state index in [-0.39, 0.29) is 26.7 Å². The maximum Gasteiger partial charge on any atom is 0.262 e. The molecule has 2 aromatic rings. The summed E-state index contributed by atoms with van der Waals surface area (Å²) in [4.78, 5) is -0.0285. The highest BCUT2D eigenvalue weighted by atomic mass is 35.5. The molecule has 0 radical (unpaired) electrons. The number of sulfonamides is 1. The third-order valence-electron chi connectivity index (χ3n) is 2.87. The van der Waals surface area contributed by atoms with Crippen LogP contribution in [-0.2, 0) is 10.0 Å². The van der Waals surface area contributed by atoms with E-state index in [1.165, 1.54) is 26.0 Å². The molecule has 0 fully saturated rings. The quantitative estimate of drug-likeness (QED) is 0.922. The van der Waals surface area contributed by atoms with Gasteiger partial charge in [0, 0.05) is 0 Å². The van der Waals surface area contributed by atoms with Gasteiger partial charge in [-0.2, -0.15) is 0 Å². The lowest BCUT2D eigenvalue weighted by atomic mass is 10.1. The Morgan fingerprint density at radius 2 is 1.62 bits per heavy atom. The van der Waals surface area contributed by atoms with E-state index in [2.05, 4.69) is 4.72 Å². The van der Waals surface area contributed by atoms with E-state index in [9.17, 15) is 17.2 Å². The minimum absolute atomic E-state index is 0.0285. The van der Waals surface area contributed by atoms with E-state index in [0.717, 1.165) is 18.2 Å². The van der Waals surface area contributed by atoms with E-state index >= 15 is 0 Å². The minimum atomic E-state index is -3.95. The van der Waals surface area contributed by atoms with Gasteiger partial charge in [-0.3, -0.25) is 4.72 Å². The van der Waals surface area contributed by atoms with Crippen LogP contribution in [0, 0.1) is 25.5 Å². The number of nitrogens with one attached hydrogen (secondary N) is 1. The van der Waals surface area contributed by atoms with Gasteiger partial charge in [0.25, 0.3) is 10.0 Å². The van der Waals surface area contributed by atoms with Crippen molar-refractivity contribution in [2.45, 2.75) is 18.7 Å². The summed E-state index contributed by atoms with van der Waals surface area (Å²) in [5, 5.41) is -0.105. The summed E-state index contributed by atoms with van der Waals surface area (Å²) in [6.07, 6.45) is 0. The summed E-state index contributed by atoms with van der Waals surface area (Å²) in [6.45, 7) is 2.99. The van der Waals surface area contributed by atoms with Gasteiger partial charge in [-0.05, 0) is 55.3 Å². The number of halogens is 3. The fraction of sp³-hybridized carbons (Fsp3) is 0.143. The first kappa shape index (κ1) is 15.7.